The number of rotatable bonds is 4. The highest BCUT2D eigenvalue weighted by atomic mass is 13.9. The molecule has 0 radical (unpaired) electrons. The van der Waals surface area contributed by atoms with Crippen molar-refractivity contribution in [1.82, 2.24) is 0 Å². The maximum absolute atomic E-state index is 2.19. The van der Waals surface area contributed by atoms with Crippen molar-refractivity contribution in [3.05, 3.63) is 47.6 Å². The summed E-state index contributed by atoms with van der Waals surface area (Å²) < 4.78 is 0. The average Bonchev–Trinajstić information content (AvgIpc) is 2.02. The van der Waals surface area contributed by atoms with Gasteiger partial charge < -0.3 is 0 Å². The highest BCUT2D eigenvalue weighted by molar-refractivity contribution is 5.25. The Bertz CT molecular complexity index is 256. The SMILES string of the molecule is CC(C)=C/C=C/C(C)=C/C=C/C(C)C. The van der Waals surface area contributed by atoms with Crippen LogP contribution in [0.3, 0.4) is 0 Å². The van der Waals surface area contributed by atoms with Crippen LogP contribution in [0.25, 0.3) is 0 Å². The van der Waals surface area contributed by atoms with E-state index in [0.717, 1.165) is 0 Å². The molecule has 0 saturated heterocycles. The maximum atomic E-state index is 2.19. The molecule has 0 heterocycles. The van der Waals surface area contributed by atoms with Crippen LogP contribution in [0, 0.1) is 5.92 Å². The van der Waals surface area contributed by atoms with Gasteiger partial charge in [0.2, 0.25) is 0 Å². The topological polar surface area (TPSA) is 0 Å². The molecule has 0 unspecified atom stereocenters. The summed E-state index contributed by atoms with van der Waals surface area (Å²) >= 11 is 0. The van der Waals surface area contributed by atoms with Gasteiger partial charge in [-0.05, 0) is 26.7 Å². The molecule has 0 atom stereocenters. The summed E-state index contributed by atoms with van der Waals surface area (Å²) in [5.74, 6) is 0.626. The molecule has 0 fully saturated rings. The minimum atomic E-state index is 0.626. The van der Waals surface area contributed by atoms with Gasteiger partial charge in [0.05, 0.1) is 0 Å². The maximum Gasteiger partial charge on any atom is -0.0287 e. The lowest BCUT2D eigenvalue weighted by Crippen LogP contribution is -1.75. The normalized spacial score (nSPS) is 13.1. The first kappa shape index (κ1) is 13.0. The summed E-state index contributed by atoms with van der Waals surface area (Å²) in [6.07, 6.45) is 12.8. The van der Waals surface area contributed by atoms with Gasteiger partial charge in [-0.3, -0.25) is 0 Å². The molecule has 78 valence electrons. The van der Waals surface area contributed by atoms with Gasteiger partial charge in [0.25, 0.3) is 0 Å². The van der Waals surface area contributed by atoms with E-state index in [1.807, 2.05) is 0 Å². The Labute approximate surface area is 88.7 Å². The molecule has 0 saturated carbocycles. The van der Waals surface area contributed by atoms with E-state index in [4.69, 9.17) is 0 Å². The molecule has 0 aromatic heterocycles. The van der Waals surface area contributed by atoms with Crippen molar-refractivity contribution in [2.75, 3.05) is 0 Å². The summed E-state index contributed by atoms with van der Waals surface area (Å²) in [6.45, 7) is 10.7. The Hall–Kier alpha value is -1.04. The van der Waals surface area contributed by atoms with Gasteiger partial charge in [-0.2, -0.15) is 0 Å². The summed E-state index contributed by atoms with van der Waals surface area (Å²) in [4.78, 5) is 0. The quantitative estimate of drug-likeness (QED) is 0.565. The van der Waals surface area contributed by atoms with Crippen molar-refractivity contribution in [2.24, 2.45) is 5.92 Å². The summed E-state index contributed by atoms with van der Waals surface area (Å²) in [7, 11) is 0. The van der Waals surface area contributed by atoms with Crippen LogP contribution in [-0.2, 0) is 0 Å². The molecule has 0 bridgehead atoms. The average molecular weight is 190 g/mol. The van der Waals surface area contributed by atoms with Crippen LogP contribution in [0.1, 0.15) is 34.6 Å². The van der Waals surface area contributed by atoms with E-state index in [9.17, 15) is 0 Å². The zero-order valence-electron chi connectivity index (χ0n) is 10.0. The third-order valence-electron chi connectivity index (χ3n) is 1.64. The fraction of sp³-hybridized carbons (Fsp3) is 0.429. The Kier molecular flexibility index (Phi) is 6.82. The van der Waals surface area contributed by atoms with Gasteiger partial charge in [0, 0.05) is 0 Å². The van der Waals surface area contributed by atoms with Gasteiger partial charge in [-0.15, -0.1) is 0 Å². The van der Waals surface area contributed by atoms with Crippen LogP contribution < -0.4 is 0 Å². The predicted molar refractivity (Wildman–Crippen MR) is 66.3 cm³/mol. The summed E-state index contributed by atoms with van der Waals surface area (Å²) in [5, 5.41) is 0. The monoisotopic (exact) mass is 190 g/mol. The predicted octanol–water partition coefficient (Wildman–Crippen LogP) is 4.67. The van der Waals surface area contributed by atoms with Crippen molar-refractivity contribution in [2.45, 2.75) is 34.6 Å². The molecule has 0 heteroatoms. The highest BCUT2D eigenvalue weighted by Gasteiger charge is 1.81. The minimum Gasteiger partial charge on any atom is -0.0820 e. The van der Waals surface area contributed by atoms with Crippen LogP contribution in [-0.4, -0.2) is 0 Å². The zero-order chi connectivity index (χ0) is 11.0. The van der Waals surface area contributed by atoms with E-state index in [2.05, 4.69) is 71.1 Å². The number of hydrogen-bond acceptors (Lipinski definition) is 0. The molecule has 0 amide bonds. The molecule has 0 aliphatic carbocycles. The van der Waals surface area contributed by atoms with Crippen LogP contribution in [0.4, 0.5) is 0 Å². The van der Waals surface area contributed by atoms with Crippen LogP contribution >= 0.6 is 0 Å². The van der Waals surface area contributed by atoms with Gasteiger partial charge >= 0.3 is 0 Å². The first-order valence-corrected chi connectivity index (χ1v) is 5.19. The van der Waals surface area contributed by atoms with E-state index >= 15 is 0 Å². The summed E-state index contributed by atoms with van der Waals surface area (Å²) in [6, 6.07) is 0. The Morgan fingerprint density at radius 1 is 0.929 bits per heavy atom. The van der Waals surface area contributed by atoms with Gasteiger partial charge in [0.1, 0.15) is 0 Å². The van der Waals surface area contributed by atoms with Crippen molar-refractivity contribution >= 4 is 0 Å². The van der Waals surface area contributed by atoms with Crippen molar-refractivity contribution in [3.8, 4) is 0 Å². The van der Waals surface area contributed by atoms with E-state index < -0.39 is 0 Å². The van der Waals surface area contributed by atoms with Crippen LogP contribution in [0.2, 0.25) is 0 Å². The lowest BCUT2D eigenvalue weighted by molar-refractivity contribution is 0.832. The standard InChI is InChI=1S/C14H22/c1-12(2)8-6-10-14(5)11-7-9-13(3)4/h6-12H,1-5H3/b8-6+,11-7+,14-10+. The number of hydrogen-bond donors (Lipinski definition) is 0. The van der Waals surface area contributed by atoms with E-state index in [1.165, 1.54) is 11.1 Å². The summed E-state index contributed by atoms with van der Waals surface area (Å²) in [5.41, 5.74) is 2.60. The van der Waals surface area contributed by atoms with Gasteiger partial charge in [-0.25, -0.2) is 0 Å². The third kappa shape index (κ3) is 9.05. The van der Waals surface area contributed by atoms with Gasteiger partial charge in [-0.1, -0.05) is 61.4 Å². The molecule has 14 heavy (non-hydrogen) atoms. The molecule has 0 aromatic carbocycles. The molecule has 0 N–H and O–H groups in total. The molecule has 0 spiro atoms. The smallest absolute Gasteiger partial charge is 0.0287 e. The Morgan fingerprint density at radius 3 is 2.07 bits per heavy atom. The van der Waals surface area contributed by atoms with Crippen molar-refractivity contribution in [1.29, 1.82) is 0 Å². The molecule has 0 nitrogen and oxygen atoms in total. The van der Waals surface area contributed by atoms with Crippen LogP contribution in [0.5, 0.6) is 0 Å². The second-order valence-electron chi connectivity index (χ2n) is 4.14. The first-order chi connectivity index (χ1) is 6.52. The van der Waals surface area contributed by atoms with E-state index in [1.54, 1.807) is 0 Å². The second-order valence-corrected chi connectivity index (χ2v) is 4.14. The molecule has 0 aromatic rings. The fourth-order valence-corrected chi connectivity index (χ4v) is 0.877. The van der Waals surface area contributed by atoms with E-state index in [0.29, 0.717) is 5.92 Å². The minimum absolute atomic E-state index is 0.626. The fourth-order valence-electron chi connectivity index (χ4n) is 0.877. The molecular weight excluding hydrogens is 168 g/mol. The van der Waals surface area contributed by atoms with Crippen molar-refractivity contribution < 1.29 is 0 Å². The third-order valence-corrected chi connectivity index (χ3v) is 1.64. The molecular formula is C14H22. The molecule has 0 aliphatic heterocycles. The lowest BCUT2D eigenvalue weighted by atomic mass is 10.2. The largest absolute Gasteiger partial charge is 0.0820 e. The molecule has 0 rings (SSSR count). The van der Waals surface area contributed by atoms with Gasteiger partial charge in [0.15, 0.2) is 0 Å². The zero-order valence-corrected chi connectivity index (χ0v) is 10.0. The lowest BCUT2D eigenvalue weighted by Gasteiger charge is -1.91. The van der Waals surface area contributed by atoms with Crippen LogP contribution in [0.15, 0.2) is 47.6 Å². The molecule has 0 aliphatic rings. The van der Waals surface area contributed by atoms with E-state index in [-0.39, 0.29) is 0 Å². The highest BCUT2D eigenvalue weighted by Crippen LogP contribution is 2.00. The number of allylic oxidation sites excluding steroid dienone is 8. The second kappa shape index (κ2) is 7.37. The van der Waals surface area contributed by atoms with Crippen molar-refractivity contribution in [3.63, 3.8) is 0 Å². The Morgan fingerprint density at radius 2 is 1.57 bits per heavy atom. The first-order valence-electron chi connectivity index (χ1n) is 5.19. The Balaban J connectivity index is 4.14.